The molecule has 3 aromatic heterocycles. The first-order valence-electron chi connectivity index (χ1n) is 10.9. The fourth-order valence-electron chi connectivity index (χ4n) is 3.97. The average Bonchev–Trinajstić information content (AvgIpc) is 3.69. The van der Waals surface area contributed by atoms with Crippen LogP contribution in [0.5, 0.6) is 6.01 Å². The molecule has 5 rings (SSSR count). The molecule has 1 aliphatic rings. The summed E-state index contributed by atoms with van der Waals surface area (Å²) in [6.07, 6.45) is 6.61. The minimum atomic E-state index is -0.361. The van der Waals surface area contributed by atoms with E-state index in [4.69, 9.17) is 16.3 Å². The number of anilines is 1. The van der Waals surface area contributed by atoms with Crippen LogP contribution < -0.4 is 15.6 Å². The number of benzene rings is 1. The summed E-state index contributed by atoms with van der Waals surface area (Å²) >= 11 is 0. The van der Waals surface area contributed by atoms with E-state index in [1.165, 1.54) is 13.3 Å². The van der Waals surface area contributed by atoms with E-state index in [0.717, 1.165) is 18.4 Å². The Bertz CT molecular complexity index is 1490. The van der Waals surface area contributed by atoms with Crippen molar-refractivity contribution in [3.05, 3.63) is 70.2 Å². The largest absolute Gasteiger partial charge is 0.467 e. The van der Waals surface area contributed by atoms with Crippen molar-refractivity contribution in [3.8, 4) is 17.1 Å². The lowest BCUT2D eigenvalue weighted by Gasteiger charge is -2.21. The molecule has 34 heavy (non-hydrogen) atoms. The van der Waals surface area contributed by atoms with Crippen molar-refractivity contribution in [2.75, 3.05) is 12.4 Å². The molecule has 1 atom stereocenters. The molecule has 0 bridgehead atoms. The van der Waals surface area contributed by atoms with E-state index < -0.39 is 0 Å². The molecule has 10 heteroatoms. The highest BCUT2D eigenvalue weighted by Crippen LogP contribution is 2.37. The number of aryl methyl sites for hydroxylation is 1. The summed E-state index contributed by atoms with van der Waals surface area (Å²) in [6, 6.07) is 5.57. The van der Waals surface area contributed by atoms with Crippen LogP contribution in [0.2, 0.25) is 0 Å². The Hall–Kier alpha value is -4.39. The van der Waals surface area contributed by atoms with Crippen molar-refractivity contribution in [2.24, 2.45) is 0 Å². The van der Waals surface area contributed by atoms with Crippen LogP contribution in [0, 0.1) is 13.5 Å². The Kier molecular flexibility index (Phi) is 5.37. The molecule has 170 valence electrons. The first kappa shape index (κ1) is 21.5. The zero-order valence-corrected chi connectivity index (χ0v) is 19.0. The number of methoxy groups -OCH3 is 1. The predicted octanol–water partition coefficient (Wildman–Crippen LogP) is 4.02. The topological polar surface area (TPSA) is 112 Å². The van der Waals surface area contributed by atoms with Crippen LogP contribution in [0.15, 0.2) is 41.6 Å². The highest BCUT2D eigenvalue weighted by atomic mass is 16.5. The monoisotopic (exact) mass is 454 g/mol. The fourth-order valence-corrected chi connectivity index (χ4v) is 3.97. The van der Waals surface area contributed by atoms with Gasteiger partial charge in [-0.3, -0.25) is 14.3 Å². The number of nitrogens with zero attached hydrogens (tertiary/aromatic N) is 7. The molecule has 1 fully saturated rings. The van der Waals surface area contributed by atoms with Gasteiger partial charge in [0.05, 0.1) is 30.6 Å². The van der Waals surface area contributed by atoms with Gasteiger partial charge in [0, 0.05) is 30.2 Å². The maximum absolute atomic E-state index is 13.8. The van der Waals surface area contributed by atoms with Crippen LogP contribution in [0.1, 0.15) is 43.5 Å². The van der Waals surface area contributed by atoms with Gasteiger partial charge in [-0.05, 0) is 38.3 Å². The molecule has 3 heterocycles. The standard InChI is InChI=1S/C24H22N8O2/c1-13(29-21-19(25-3)12-26-14(2)30-21)22-31-18-7-5-6-17(15-10-27-24(34-4)28-11-15)20(18)23(33)32(22)16-8-9-16/h5-7,10-13,16H,8-9H2,1-2,4H3,(H,26,29,30)/t13-/m0/s1. The second-order valence-electron chi connectivity index (χ2n) is 8.16. The minimum Gasteiger partial charge on any atom is -0.467 e. The van der Waals surface area contributed by atoms with Gasteiger partial charge in [-0.25, -0.2) is 24.8 Å². The Labute approximate surface area is 195 Å². The van der Waals surface area contributed by atoms with E-state index in [2.05, 4.69) is 30.1 Å². The summed E-state index contributed by atoms with van der Waals surface area (Å²) in [7, 11) is 1.51. The molecular weight excluding hydrogens is 432 g/mol. The maximum atomic E-state index is 13.8. The van der Waals surface area contributed by atoms with Gasteiger partial charge in [-0.15, -0.1) is 0 Å². The maximum Gasteiger partial charge on any atom is 0.316 e. The van der Waals surface area contributed by atoms with Crippen LogP contribution in [0.25, 0.3) is 26.9 Å². The van der Waals surface area contributed by atoms with Crippen molar-refractivity contribution in [1.29, 1.82) is 0 Å². The second kappa shape index (κ2) is 8.51. The Morgan fingerprint density at radius 2 is 1.94 bits per heavy atom. The van der Waals surface area contributed by atoms with Crippen LogP contribution in [0.4, 0.5) is 11.5 Å². The molecule has 1 N–H and O–H groups in total. The molecule has 0 saturated heterocycles. The Balaban J connectivity index is 1.64. The van der Waals surface area contributed by atoms with Crippen LogP contribution in [-0.4, -0.2) is 36.6 Å². The van der Waals surface area contributed by atoms with E-state index >= 15 is 0 Å². The third-order valence-electron chi connectivity index (χ3n) is 5.74. The number of nitrogens with one attached hydrogen (secondary N) is 1. The van der Waals surface area contributed by atoms with Gasteiger partial charge in [0.25, 0.3) is 5.56 Å². The van der Waals surface area contributed by atoms with E-state index in [1.807, 2.05) is 25.1 Å². The van der Waals surface area contributed by atoms with Crippen molar-refractivity contribution < 1.29 is 4.74 Å². The number of aromatic nitrogens is 6. The zero-order valence-electron chi connectivity index (χ0n) is 19.0. The second-order valence-corrected chi connectivity index (χ2v) is 8.16. The summed E-state index contributed by atoms with van der Waals surface area (Å²) in [6.45, 7) is 11.1. The Morgan fingerprint density at radius 3 is 2.62 bits per heavy atom. The van der Waals surface area contributed by atoms with Crippen LogP contribution >= 0.6 is 0 Å². The van der Waals surface area contributed by atoms with Crippen molar-refractivity contribution in [1.82, 2.24) is 29.5 Å². The lowest BCUT2D eigenvalue weighted by molar-refractivity contribution is 0.380. The molecule has 10 nitrogen and oxygen atoms in total. The van der Waals surface area contributed by atoms with Crippen molar-refractivity contribution in [3.63, 3.8) is 0 Å². The van der Waals surface area contributed by atoms with Crippen LogP contribution in [0.3, 0.4) is 0 Å². The highest BCUT2D eigenvalue weighted by molar-refractivity contribution is 5.93. The summed E-state index contributed by atoms with van der Waals surface area (Å²) in [4.78, 5) is 39.1. The van der Waals surface area contributed by atoms with Crippen LogP contribution in [-0.2, 0) is 0 Å². The van der Waals surface area contributed by atoms with Crippen molar-refractivity contribution in [2.45, 2.75) is 38.8 Å². The van der Waals surface area contributed by atoms with Gasteiger partial charge in [-0.1, -0.05) is 12.1 Å². The molecule has 0 spiro atoms. The summed E-state index contributed by atoms with van der Waals surface area (Å²) in [5.74, 6) is 1.59. The summed E-state index contributed by atoms with van der Waals surface area (Å²) in [5.41, 5.74) is 2.24. The first-order chi connectivity index (χ1) is 16.5. The molecule has 0 aliphatic heterocycles. The van der Waals surface area contributed by atoms with Gasteiger partial charge in [0.1, 0.15) is 17.5 Å². The third kappa shape index (κ3) is 3.81. The smallest absolute Gasteiger partial charge is 0.316 e. The zero-order chi connectivity index (χ0) is 23.8. The molecule has 0 radical (unpaired) electrons. The van der Waals surface area contributed by atoms with E-state index in [-0.39, 0.29) is 23.7 Å². The van der Waals surface area contributed by atoms with Gasteiger partial charge in [-0.2, -0.15) is 0 Å². The molecule has 1 saturated carbocycles. The molecule has 1 aromatic carbocycles. The number of fused-ring (bicyclic) bond motifs is 1. The fraction of sp³-hybridized carbons (Fsp3) is 0.292. The number of rotatable bonds is 6. The quantitative estimate of drug-likeness (QED) is 0.435. The normalized spacial score (nSPS) is 13.9. The molecule has 4 aromatic rings. The van der Waals surface area contributed by atoms with Gasteiger partial charge >= 0.3 is 6.01 Å². The first-order valence-corrected chi connectivity index (χ1v) is 10.9. The van der Waals surface area contributed by atoms with Gasteiger partial charge in [0.2, 0.25) is 5.69 Å². The molecular formula is C24H22N8O2. The van der Waals surface area contributed by atoms with E-state index in [9.17, 15) is 4.79 Å². The molecule has 0 unspecified atom stereocenters. The highest BCUT2D eigenvalue weighted by Gasteiger charge is 2.31. The summed E-state index contributed by atoms with van der Waals surface area (Å²) < 4.78 is 6.83. The average molecular weight is 454 g/mol. The van der Waals surface area contributed by atoms with Crippen molar-refractivity contribution >= 4 is 22.4 Å². The number of hydrogen-bond acceptors (Lipinski definition) is 8. The SMILES string of the molecule is [C-]#[N+]c1cnc(C)nc1N[C@@H](C)c1nc2cccc(-c3cnc(OC)nc3)c2c(=O)n1C1CC1. The lowest BCUT2D eigenvalue weighted by atomic mass is 10.0. The van der Waals surface area contributed by atoms with E-state index in [0.29, 0.717) is 39.6 Å². The number of ether oxygens (including phenoxy) is 1. The molecule has 1 aliphatic carbocycles. The summed E-state index contributed by atoms with van der Waals surface area (Å²) in [5, 5.41) is 3.80. The predicted molar refractivity (Wildman–Crippen MR) is 127 cm³/mol. The third-order valence-corrected chi connectivity index (χ3v) is 5.74. The number of hydrogen-bond donors (Lipinski definition) is 1. The van der Waals surface area contributed by atoms with Gasteiger partial charge in [0.15, 0.2) is 0 Å². The Morgan fingerprint density at radius 1 is 1.18 bits per heavy atom. The van der Waals surface area contributed by atoms with Gasteiger partial charge < -0.3 is 10.1 Å². The van der Waals surface area contributed by atoms with E-state index in [1.54, 1.807) is 23.9 Å². The minimum absolute atomic E-state index is 0.0938. The lowest BCUT2D eigenvalue weighted by Crippen LogP contribution is -2.28. The molecule has 0 amide bonds.